The highest BCUT2D eigenvalue weighted by atomic mass is 79.9. The van der Waals surface area contributed by atoms with Gasteiger partial charge in [0.25, 0.3) is 5.91 Å². The number of amides is 1. The van der Waals surface area contributed by atoms with E-state index in [1.54, 1.807) is 18.2 Å². The molecule has 1 aromatic carbocycles. The Balaban J connectivity index is 2.03. The van der Waals surface area contributed by atoms with Crippen molar-refractivity contribution in [1.82, 2.24) is 5.32 Å². The number of rotatable bonds is 3. The van der Waals surface area contributed by atoms with Gasteiger partial charge in [-0.25, -0.2) is 0 Å². The number of benzene rings is 1. The smallest absolute Gasteiger partial charge is 0.252 e. The quantitative estimate of drug-likeness (QED) is 0.896. The van der Waals surface area contributed by atoms with E-state index in [0.717, 1.165) is 4.47 Å². The molecule has 0 bridgehead atoms. The maximum absolute atomic E-state index is 12.0. The first-order chi connectivity index (χ1) is 8.08. The molecule has 0 radical (unpaired) electrons. The minimum Gasteiger partial charge on any atom is -0.349 e. The third kappa shape index (κ3) is 3.02. The molecule has 2 rings (SSSR count). The maximum Gasteiger partial charge on any atom is 0.252 e. The molecule has 1 atom stereocenters. The van der Waals surface area contributed by atoms with Gasteiger partial charge < -0.3 is 5.32 Å². The molecule has 1 amide bonds. The zero-order valence-corrected chi connectivity index (χ0v) is 12.0. The molecule has 1 aliphatic carbocycles. The van der Waals surface area contributed by atoms with Crippen molar-refractivity contribution < 1.29 is 4.79 Å². The normalized spacial score (nSPS) is 17.4. The highest BCUT2D eigenvalue weighted by Gasteiger charge is 2.25. The Morgan fingerprint density at radius 1 is 1.53 bits per heavy atom. The molecule has 1 N–H and O–H groups in total. The third-order valence-electron chi connectivity index (χ3n) is 3.39. The highest BCUT2D eigenvalue weighted by Crippen LogP contribution is 2.29. The second kappa shape index (κ2) is 5.40. The van der Waals surface area contributed by atoms with Gasteiger partial charge in [0, 0.05) is 15.5 Å². The maximum atomic E-state index is 12.0. The van der Waals surface area contributed by atoms with Gasteiger partial charge in [-0.15, -0.1) is 0 Å². The summed E-state index contributed by atoms with van der Waals surface area (Å²) in [5.41, 5.74) is 0.639. The molecular formula is C13H15BrClNO. The summed E-state index contributed by atoms with van der Waals surface area (Å²) in [7, 11) is 0. The summed E-state index contributed by atoms with van der Waals surface area (Å²) in [6.07, 6.45) is 3.74. The number of hydrogen-bond acceptors (Lipinski definition) is 1. The minimum absolute atomic E-state index is 0.0343. The topological polar surface area (TPSA) is 29.1 Å². The number of nitrogens with one attached hydrogen (secondary N) is 1. The number of carbonyl (C=O) groups excluding carboxylic acids is 1. The van der Waals surface area contributed by atoms with Crippen molar-refractivity contribution in [1.29, 1.82) is 0 Å². The molecule has 1 aromatic rings. The summed E-state index contributed by atoms with van der Waals surface area (Å²) in [5, 5.41) is 3.67. The summed E-state index contributed by atoms with van der Waals surface area (Å²) < 4.78 is 0.739. The van der Waals surface area contributed by atoms with Crippen LogP contribution in [0.2, 0.25) is 5.02 Å². The second-order valence-corrected chi connectivity index (χ2v) is 5.87. The fourth-order valence-corrected chi connectivity index (χ4v) is 2.88. The predicted molar refractivity (Wildman–Crippen MR) is 73.4 cm³/mol. The molecule has 0 aromatic heterocycles. The molecule has 0 aliphatic heterocycles. The van der Waals surface area contributed by atoms with Crippen LogP contribution in [-0.4, -0.2) is 11.9 Å². The minimum atomic E-state index is -0.0343. The second-order valence-electron chi connectivity index (χ2n) is 4.58. The van der Waals surface area contributed by atoms with E-state index >= 15 is 0 Å². The lowest BCUT2D eigenvalue weighted by atomic mass is 9.80. The van der Waals surface area contributed by atoms with Crippen LogP contribution in [0.3, 0.4) is 0 Å². The lowest BCUT2D eigenvalue weighted by molar-refractivity contribution is 0.0908. The van der Waals surface area contributed by atoms with Crippen LogP contribution in [0.4, 0.5) is 0 Å². The van der Waals surface area contributed by atoms with Gasteiger partial charge in [0.2, 0.25) is 0 Å². The Hall–Kier alpha value is -0.540. The first-order valence-corrected chi connectivity index (χ1v) is 7.01. The predicted octanol–water partition coefficient (Wildman–Crippen LogP) is 4.02. The Bertz CT molecular complexity index is 431. The lowest BCUT2D eigenvalue weighted by Crippen LogP contribution is -2.40. The number of carbonyl (C=O) groups is 1. The molecule has 0 spiro atoms. The van der Waals surface area contributed by atoms with Crippen molar-refractivity contribution in [3.05, 3.63) is 33.3 Å². The van der Waals surface area contributed by atoms with Crippen LogP contribution < -0.4 is 5.32 Å². The van der Waals surface area contributed by atoms with Crippen LogP contribution in [0.5, 0.6) is 0 Å². The molecule has 1 saturated carbocycles. The molecule has 1 fully saturated rings. The highest BCUT2D eigenvalue weighted by molar-refractivity contribution is 9.10. The van der Waals surface area contributed by atoms with Crippen molar-refractivity contribution in [3.63, 3.8) is 0 Å². The van der Waals surface area contributed by atoms with Crippen LogP contribution in [0.1, 0.15) is 36.5 Å². The number of halogens is 2. The number of hydrogen-bond donors (Lipinski definition) is 1. The van der Waals surface area contributed by atoms with Crippen molar-refractivity contribution in [2.24, 2.45) is 5.92 Å². The van der Waals surface area contributed by atoms with Gasteiger partial charge in [-0.1, -0.05) is 18.0 Å². The summed E-state index contributed by atoms with van der Waals surface area (Å²) >= 11 is 9.21. The van der Waals surface area contributed by atoms with E-state index in [0.29, 0.717) is 16.5 Å². The average molecular weight is 317 g/mol. The van der Waals surface area contributed by atoms with Gasteiger partial charge >= 0.3 is 0 Å². The molecule has 0 saturated heterocycles. The van der Waals surface area contributed by atoms with Gasteiger partial charge in [-0.3, -0.25) is 4.79 Å². The van der Waals surface area contributed by atoms with Crippen molar-refractivity contribution in [2.45, 2.75) is 32.2 Å². The Morgan fingerprint density at radius 2 is 2.24 bits per heavy atom. The third-order valence-corrected chi connectivity index (χ3v) is 4.28. The van der Waals surface area contributed by atoms with Crippen LogP contribution in [-0.2, 0) is 0 Å². The van der Waals surface area contributed by atoms with E-state index in [1.165, 1.54) is 19.3 Å². The molecule has 1 unspecified atom stereocenters. The van der Waals surface area contributed by atoms with Crippen LogP contribution in [0.15, 0.2) is 22.7 Å². The summed E-state index contributed by atoms with van der Waals surface area (Å²) in [5.74, 6) is 0.609. The Kier molecular flexibility index (Phi) is 4.10. The average Bonchev–Trinajstić information content (AvgIpc) is 2.13. The van der Waals surface area contributed by atoms with Crippen molar-refractivity contribution in [3.8, 4) is 0 Å². The lowest BCUT2D eigenvalue weighted by Gasteiger charge is -2.31. The zero-order valence-electron chi connectivity index (χ0n) is 9.67. The largest absolute Gasteiger partial charge is 0.349 e. The van der Waals surface area contributed by atoms with Gasteiger partial charge in [-0.2, -0.15) is 0 Å². The first-order valence-electron chi connectivity index (χ1n) is 5.84. The van der Waals surface area contributed by atoms with Crippen molar-refractivity contribution >= 4 is 33.4 Å². The monoisotopic (exact) mass is 315 g/mol. The first kappa shape index (κ1) is 12.9. The van der Waals surface area contributed by atoms with Gasteiger partial charge in [0.05, 0.1) is 5.56 Å². The van der Waals surface area contributed by atoms with E-state index in [1.807, 2.05) is 0 Å². The zero-order chi connectivity index (χ0) is 12.4. The van der Waals surface area contributed by atoms with Crippen LogP contribution in [0.25, 0.3) is 0 Å². The van der Waals surface area contributed by atoms with Gasteiger partial charge in [0.1, 0.15) is 0 Å². The molecule has 92 valence electrons. The Morgan fingerprint density at radius 3 is 2.76 bits per heavy atom. The van der Waals surface area contributed by atoms with Gasteiger partial charge in [0.15, 0.2) is 0 Å². The molecule has 17 heavy (non-hydrogen) atoms. The van der Waals surface area contributed by atoms with Gasteiger partial charge in [-0.05, 0) is 59.8 Å². The molecule has 0 heterocycles. The van der Waals surface area contributed by atoms with E-state index in [2.05, 4.69) is 28.2 Å². The standard InChI is InChI=1S/C13H15BrClNO/c1-8(9-3-2-4-9)16-13(17)11-6-5-10(15)7-12(11)14/h5-9H,2-4H2,1H3,(H,16,17). The van der Waals surface area contributed by atoms with E-state index in [4.69, 9.17) is 11.6 Å². The van der Waals surface area contributed by atoms with E-state index in [-0.39, 0.29) is 11.9 Å². The van der Waals surface area contributed by atoms with Crippen molar-refractivity contribution in [2.75, 3.05) is 0 Å². The fraction of sp³-hybridized carbons (Fsp3) is 0.462. The summed E-state index contributed by atoms with van der Waals surface area (Å²) in [6.45, 7) is 2.07. The van der Waals surface area contributed by atoms with Crippen LogP contribution >= 0.6 is 27.5 Å². The SMILES string of the molecule is CC(NC(=O)c1ccc(Cl)cc1Br)C1CCC1. The van der Waals surface area contributed by atoms with E-state index < -0.39 is 0 Å². The summed E-state index contributed by atoms with van der Waals surface area (Å²) in [4.78, 5) is 12.0. The molecule has 2 nitrogen and oxygen atoms in total. The molecular weight excluding hydrogens is 302 g/mol. The molecule has 4 heteroatoms. The van der Waals surface area contributed by atoms with Crippen LogP contribution in [0, 0.1) is 5.92 Å². The Labute approximate surface area is 115 Å². The fourth-order valence-electron chi connectivity index (χ4n) is 2.02. The summed E-state index contributed by atoms with van der Waals surface area (Å²) in [6, 6.07) is 5.47. The molecule has 1 aliphatic rings. The van der Waals surface area contributed by atoms with E-state index in [9.17, 15) is 4.79 Å².